The molecule has 1 nitrogen and oxygen atoms in total. The molecule has 0 bridgehead atoms. The van der Waals surface area contributed by atoms with E-state index >= 15 is 0 Å². The maximum atomic E-state index is 5.60. The lowest BCUT2D eigenvalue weighted by Gasteiger charge is -2.31. The van der Waals surface area contributed by atoms with Gasteiger partial charge in [-0.2, -0.15) is 0 Å². The molecule has 10 heavy (non-hydrogen) atoms. The van der Waals surface area contributed by atoms with Crippen LogP contribution in [0.2, 0.25) is 0 Å². The van der Waals surface area contributed by atoms with Crippen LogP contribution in [0.3, 0.4) is 0 Å². The van der Waals surface area contributed by atoms with Crippen molar-refractivity contribution >= 4 is 0 Å². The molecule has 0 amide bonds. The van der Waals surface area contributed by atoms with Gasteiger partial charge in [0.2, 0.25) is 0 Å². The zero-order valence-corrected chi connectivity index (χ0v) is 6.25. The molecule has 2 aliphatic rings. The van der Waals surface area contributed by atoms with Gasteiger partial charge in [0.1, 0.15) is 0 Å². The Balaban J connectivity index is 2.03. The molecule has 0 aromatic carbocycles. The number of hydrogen-bond donors (Lipinski definition) is 0. The zero-order valence-electron chi connectivity index (χ0n) is 6.25. The highest BCUT2D eigenvalue weighted by Crippen LogP contribution is 2.29. The van der Waals surface area contributed by atoms with Crippen LogP contribution in [-0.2, 0) is 4.74 Å². The Morgan fingerprint density at radius 3 is 3.00 bits per heavy atom. The second-order valence-electron chi connectivity index (χ2n) is 3.25. The maximum Gasteiger partial charge on any atom is 0.0651 e. The molecule has 0 aromatic rings. The van der Waals surface area contributed by atoms with Crippen LogP contribution in [-0.4, -0.2) is 12.7 Å². The summed E-state index contributed by atoms with van der Waals surface area (Å²) in [7, 11) is 0. The Bertz CT molecular complexity index is 140. The average molecular weight is 138 g/mol. The fourth-order valence-corrected chi connectivity index (χ4v) is 1.96. The first-order valence-corrected chi connectivity index (χ1v) is 4.25. The second kappa shape index (κ2) is 2.75. The molecular weight excluding hydrogens is 124 g/mol. The van der Waals surface area contributed by atoms with Crippen LogP contribution in [0.5, 0.6) is 0 Å². The van der Waals surface area contributed by atoms with Gasteiger partial charge in [0.25, 0.3) is 0 Å². The molecule has 1 saturated carbocycles. The molecule has 1 heterocycles. The normalized spacial score (nSPS) is 39.2. The van der Waals surface area contributed by atoms with E-state index in [-0.39, 0.29) is 0 Å². The van der Waals surface area contributed by atoms with Gasteiger partial charge in [0.05, 0.1) is 12.7 Å². The van der Waals surface area contributed by atoms with Crippen molar-refractivity contribution in [2.45, 2.75) is 31.8 Å². The predicted molar refractivity (Wildman–Crippen MR) is 40.8 cm³/mol. The van der Waals surface area contributed by atoms with Crippen LogP contribution in [0, 0.1) is 5.92 Å². The van der Waals surface area contributed by atoms with Crippen molar-refractivity contribution in [1.29, 1.82) is 0 Å². The van der Waals surface area contributed by atoms with Gasteiger partial charge in [-0.1, -0.05) is 25.0 Å². The fraction of sp³-hybridized carbons (Fsp3) is 0.778. The summed E-state index contributed by atoms with van der Waals surface area (Å²) in [6, 6.07) is 0. The highest BCUT2D eigenvalue weighted by molar-refractivity contribution is 4.97. The summed E-state index contributed by atoms with van der Waals surface area (Å²) < 4.78 is 5.60. The van der Waals surface area contributed by atoms with Gasteiger partial charge in [0.15, 0.2) is 0 Å². The summed E-state index contributed by atoms with van der Waals surface area (Å²) >= 11 is 0. The van der Waals surface area contributed by atoms with Gasteiger partial charge in [-0.3, -0.25) is 0 Å². The number of ether oxygens (including phenoxy) is 1. The number of hydrogen-bond acceptors (Lipinski definition) is 1. The van der Waals surface area contributed by atoms with Crippen LogP contribution in [0.1, 0.15) is 25.7 Å². The third-order valence-corrected chi connectivity index (χ3v) is 2.54. The maximum absolute atomic E-state index is 5.60. The molecule has 1 fully saturated rings. The summed E-state index contributed by atoms with van der Waals surface area (Å²) in [5.74, 6) is 0.752. The van der Waals surface area contributed by atoms with E-state index in [2.05, 4.69) is 12.2 Å². The molecular formula is C9H14O. The van der Waals surface area contributed by atoms with Crippen molar-refractivity contribution in [3.05, 3.63) is 12.2 Å². The average Bonchev–Trinajstić information content (AvgIpc) is 2.05. The Labute approximate surface area is 62.1 Å². The van der Waals surface area contributed by atoms with Crippen LogP contribution < -0.4 is 0 Å². The first-order chi connectivity index (χ1) is 4.97. The minimum atomic E-state index is 0.568. The van der Waals surface area contributed by atoms with Crippen molar-refractivity contribution in [3.63, 3.8) is 0 Å². The fourth-order valence-electron chi connectivity index (χ4n) is 1.96. The van der Waals surface area contributed by atoms with Gasteiger partial charge in [-0.05, 0) is 12.8 Å². The lowest BCUT2D eigenvalue weighted by Crippen LogP contribution is -2.29. The van der Waals surface area contributed by atoms with E-state index in [0.29, 0.717) is 6.10 Å². The van der Waals surface area contributed by atoms with E-state index in [9.17, 15) is 0 Å². The topological polar surface area (TPSA) is 9.23 Å². The largest absolute Gasteiger partial charge is 0.374 e. The first-order valence-electron chi connectivity index (χ1n) is 4.25. The van der Waals surface area contributed by atoms with E-state index < -0.39 is 0 Å². The summed E-state index contributed by atoms with van der Waals surface area (Å²) in [5, 5.41) is 0. The Hall–Kier alpha value is -0.300. The van der Waals surface area contributed by atoms with Crippen LogP contribution in [0.15, 0.2) is 12.2 Å². The van der Waals surface area contributed by atoms with Crippen molar-refractivity contribution in [3.8, 4) is 0 Å². The van der Waals surface area contributed by atoms with Crippen LogP contribution in [0.25, 0.3) is 0 Å². The van der Waals surface area contributed by atoms with E-state index in [0.717, 1.165) is 12.5 Å². The molecule has 1 heteroatoms. The molecule has 0 aromatic heterocycles. The van der Waals surface area contributed by atoms with E-state index in [1.54, 1.807) is 0 Å². The molecule has 56 valence electrons. The summed E-state index contributed by atoms with van der Waals surface area (Å²) in [6.45, 7) is 0.848. The van der Waals surface area contributed by atoms with Gasteiger partial charge < -0.3 is 4.74 Å². The summed E-state index contributed by atoms with van der Waals surface area (Å²) in [5.41, 5.74) is 0. The van der Waals surface area contributed by atoms with E-state index in [4.69, 9.17) is 4.74 Å². The highest BCUT2D eigenvalue weighted by atomic mass is 16.5. The molecule has 1 aliphatic heterocycles. The third kappa shape index (κ3) is 1.10. The molecule has 2 rings (SSSR count). The van der Waals surface area contributed by atoms with E-state index in [1.165, 1.54) is 25.7 Å². The second-order valence-corrected chi connectivity index (χ2v) is 3.25. The van der Waals surface area contributed by atoms with Crippen LogP contribution in [0.4, 0.5) is 0 Å². The standard InChI is InChI=1S/C9H14O/c1-2-6-9-8(4-1)5-3-7-10-9/h3,5,8-9H,1-2,4,6-7H2. The Morgan fingerprint density at radius 2 is 2.10 bits per heavy atom. The molecule has 0 N–H and O–H groups in total. The summed E-state index contributed by atoms with van der Waals surface area (Å²) in [4.78, 5) is 0. The molecule has 0 radical (unpaired) electrons. The van der Waals surface area contributed by atoms with Crippen molar-refractivity contribution in [1.82, 2.24) is 0 Å². The van der Waals surface area contributed by atoms with E-state index in [1.807, 2.05) is 0 Å². The van der Waals surface area contributed by atoms with Gasteiger partial charge >= 0.3 is 0 Å². The van der Waals surface area contributed by atoms with Gasteiger partial charge in [-0.15, -0.1) is 0 Å². The third-order valence-electron chi connectivity index (χ3n) is 2.54. The lowest BCUT2D eigenvalue weighted by molar-refractivity contribution is 0.00973. The molecule has 0 spiro atoms. The summed E-state index contributed by atoms with van der Waals surface area (Å²) in [6.07, 6.45) is 10.5. The monoisotopic (exact) mass is 138 g/mol. The smallest absolute Gasteiger partial charge is 0.0651 e. The minimum absolute atomic E-state index is 0.568. The lowest BCUT2D eigenvalue weighted by atomic mass is 9.85. The Morgan fingerprint density at radius 1 is 1.20 bits per heavy atom. The van der Waals surface area contributed by atoms with Crippen molar-refractivity contribution in [2.75, 3.05) is 6.61 Å². The number of fused-ring (bicyclic) bond motifs is 1. The quantitative estimate of drug-likeness (QED) is 0.466. The number of rotatable bonds is 0. The minimum Gasteiger partial charge on any atom is -0.374 e. The predicted octanol–water partition coefficient (Wildman–Crippen LogP) is 2.13. The molecule has 1 aliphatic carbocycles. The molecule has 0 saturated heterocycles. The first kappa shape index (κ1) is 6.41. The zero-order chi connectivity index (χ0) is 6.81. The highest BCUT2D eigenvalue weighted by Gasteiger charge is 2.24. The van der Waals surface area contributed by atoms with Gasteiger partial charge in [-0.25, -0.2) is 0 Å². The van der Waals surface area contributed by atoms with Crippen LogP contribution >= 0.6 is 0 Å². The molecule has 2 atom stereocenters. The van der Waals surface area contributed by atoms with Crippen molar-refractivity contribution in [2.24, 2.45) is 5.92 Å². The molecule has 2 unspecified atom stereocenters. The van der Waals surface area contributed by atoms with Crippen molar-refractivity contribution < 1.29 is 4.74 Å². The Kier molecular flexibility index (Phi) is 1.76. The van der Waals surface area contributed by atoms with Gasteiger partial charge in [0, 0.05) is 5.92 Å². The SMILES string of the molecule is C1=CC2CCCCC2OC1.